The second kappa shape index (κ2) is 6.47. The Kier molecular flexibility index (Phi) is 5.52. The second-order valence-electron chi connectivity index (χ2n) is 4.02. The van der Waals surface area contributed by atoms with Crippen LogP contribution in [0.3, 0.4) is 0 Å². The molecule has 1 unspecified atom stereocenters. The molecule has 0 saturated carbocycles. The van der Waals surface area contributed by atoms with Gasteiger partial charge in [-0.05, 0) is 24.5 Å². The maximum Gasteiger partial charge on any atom is 0.244 e. The molecule has 0 aliphatic heterocycles. The third-order valence-electron chi connectivity index (χ3n) is 2.43. The molecule has 0 heterocycles. The molecule has 102 valence electrons. The van der Waals surface area contributed by atoms with Gasteiger partial charge in [-0.15, -0.1) is 0 Å². The highest BCUT2D eigenvalue weighted by atomic mass is 35.5. The van der Waals surface area contributed by atoms with Gasteiger partial charge in [-0.1, -0.05) is 24.6 Å². The lowest BCUT2D eigenvalue weighted by Gasteiger charge is -2.12. The van der Waals surface area contributed by atoms with Crippen molar-refractivity contribution in [1.82, 2.24) is 4.72 Å². The van der Waals surface area contributed by atoms with Gasteiger partial charge in [0.2, 0.25) is 10.0 Å². The van der Waals surface area contributed by atoms with E-state index in [1.54, 1.807) is 6.92 Å². The van der Waals surface area contributed by atoms with Crippen LogP contribution < -0.4 is 4.72 Å². The smallest absolute Gasteiger partial charge is 0.244 e. The summed E-state index contributed by atoms with van der Waals surface area (Å²) in [6, 6.07) is 3.69. The summed E-state index contributed by atoms with van der Waals surface area (Å²) in [5, 5.41) is 8.56. The van der Waals surface area contributed by atoms with Crippen LogP contribution >= 0.6 is 11.6 Å². The quantitative estimate of drug-likeness (QED) is 0.840. The van der Waals surface area contributed by atoms with E-state index in [-0.39, 0.29) is 24.1 Å². The van der Waals surface area contributed by atoms with Gasteiger partial charge < -0.3 is 5.11 Å². The number of hydrogen-bond donors (Lipinski definition) is 2. The Morgan fingerprint density at radius 3 is 2.72 bits per heavy atom. The summed E-state index contributed by atoms with van der Waals surface area (Å²) in [6.45, 7) is 1.87. The van der Waals surface area contributed by atoms with E-state index in [1.807, 2.05) is 0 Å². The monoisotopic (exact) mass is 295 g/mol. The molecule has 4 nitrogen and oxygen atoms in total. The number of halogens is 2. The molecule has 0 radical (unpaired) electrons. The summed E-state index contributed by atoms with van der Waals surface area (Å²) in [7, 11) is -3.97. The van der Waals surface area contributed by atoms with Crippen molar-refractivity contribution in [3.63, 3.8) is 0 Å². The lowest BCUT2D eigenvalue weighted by Crippen LogP contribution is -2.29. The average molecular weight is 296 g/mol. The summed E-state index contributed by atoms with van der Waals surface area (Å²) in [5.41, 5.74) is 0. The van der Waals surface area contributed by atoms with Gasteiger partial charge >= 0.3 is 0 Å². The van der Waals surface area contributed by atoms with Crippen LogP contribution in [0.1, 0.15) is 13.3 Å². The van der Waals surface area contributed by atoms with Crippen LogP contribution in [-0.4, -0.2) is 26.7 Å². The van der Waals surface area contributed by atoms with Crippen molar-refractivity contribution in [2.45, 2.75) is 18.2 Å². The number of hydrogen-bond acceptors (Lipinski definition) is 3. The lowest BCUT2D eigenvalue weighted by atomic mass is 10.1. The van der Waals surface area contributed by atoms with Gasteiger partial charge in [0.25, 0.3) is 0 Å². The lowest BCUT2D eigenvalue weighted by molar-refractivity contribution is 0.263. The van der Waals surface area contributed by atoms with Gasteiger partial charge in [0.1, 0.15) is 10.7 Å². The molecular formula is C11H15ClFNO3S. The molecule has 1 atom stereocenters. The number of aliphatic hydroxyl groups is 1. The molecule has 0 aromatic heterocycles. The highest BCUT2D eigenvalue weighted by molar-refractivity contribution is 7.89. The first-order valence-corrected chi connectivity index (χ1v) is 7.29. The van der Waals surface area contributed by atoms with Crippen LogP contribution in [0.5, 0.6) is 0 Å². The van der Waals surface area contributed by atoms with Gasteiger partial charge in [-0.3, -0.25) is 0 Å². The van der Waals surface area contributed by atoms with Gasteiger partial charge in [0.05, 0.1) is 5.02 Å². The van der Waals surface area contributed by atoms with E-state index in [9.17, 15) is 12.8 Å². The van der Waals surface area contributed by atoms with Crippen molar-refractivity contribution in [2.24, 2.45) is 5.92 Å². The van der Waals surface area contributed by atoms with Crippen molar-refractivity contribution >= 4 is 21.6 Å². The average Bonchev–Trinajstić information content (AvgIpc) is 2.26. The molecule has 0 aliphatic rings. The van der Waals surface area contributed by atoms with Crippen LogP contribution in [0.2, 0.25) is 5.02 Å². The Hall–Kier alpha value is -0.690. The van der Waals surface area contributed by atoms with E-state index >= 15 is 0 Å². The summed E-state index contributed by atoms with van der Waals surface area (Å²) >= 11 is 5.69. The van der Waals surface area contributed by atoms with E-state index < -0.39 is 20.7 Å². The van der Waals surface area contributed by atoms with E-state index in [0.29, 0.717) is 6.42 Å². The number of nitrogens with one attached hydrogen (secondary N) is 1. The summed E-state index contributed by atoms with van der Waals surface area (Å²) in [4.78, 5) is -0.539. The Morgan fingerprint density at radius 2 is 2.17 bits per heavy atom. The van der Waals surface area contributed by atoms with Crippen molar-refractivity contribution in [3.05, 3.63) is 29.0 Å². The van der Waals surface area contributed by atoms with E-state index in [1.165, 1.54) is 12.1 Å². The van der Waals surface area contributed by atoms with Crippen molar-refractivity contribution in [2.75, 3.05) is 13.2 Å². The van der Waals surface area contributed by atoms with Crippen LogP contribution in [-0.2, 0) is 10.0 Å². The number of aliphatic hydroxyl groups excluding tert-OH is 1. The van der Waals surface area contributed by atoms with Crippen molar-refractivity contribution in [3.8, 4) is 0 Å². The number of sulfonamides is 1. The standard InChI is InChI=1S/C11H15ClFNO3S/c1-8(5-6-15)7-14-18(16,17)11-9(12)3-2-4-10(11)13/h2-4,8,14-15H,5-7H2,1H3. The minimum Gasteiger partial charge on any atom is -0.396 e. The number of rotatable bonds is 6. The highest BCUT2D eigenvalue weighted by Crippen LogP contribution is 2.23. The highest BCUT2D eigenvalue weighted by Gasteiger charge is 2.22. The predicted octanol–water partition coefficient (Wildman–Crippen LogP) is 1.78. The van der Waals surface area contributed by atoms with Crippen molar-refractivity contribution in [1.29, 1.82) is 0 Å². The first kappa shape index (κ1) is 15.4. The molecule has 0 saturated heterocycles. The minimum atomic E-state index is -3.97. The van der Waals surface area contributed by atoms with Gasteiger partial charge in [0.15, 0.2) is 0 Å². The Bertz CT molecular complexity index is 487. The first-order chi connectivity index (χ1) is 8.38. The summed E-state index contributed by atoms with van der Waals surface area (Å²) in [6.07, 6.45) is 0.466. The van der Waals surface area contributed by atoms with E-state index in [2.05, 4.69) is 4.72 Å². The summed E-state index contributed by atoms with van der Waals surface area (Å²) < 4.78 is 39.5. The zero-order valence-corrected chi connectivity index (χ0v) is 11.4. The minimum absolute atomic E-state index is 0.0245. The Balaban J connectivity index is 2.87. The fraction of sp³-hybridized carbons (Fsp3) is 0.455. The van der Waals surface area contributed by atoms with E-state index in [4.69, 9.17) is 16.7 Å². The third-order valence-corrected chi connectivity index (χ3v) is 4.36. The second-order valence-corrected chi connectivity index (χ2v) is 6.13. The molecule has 1 aromatic rings. The molecular weight excluding hydrogens is 281 g/mol. The van der Waals surface area contributed by atoms with E-state index in [0.717, 1.165) is 6.07 Å². The molecule has 7 heteroatoms. The fourth-order valence-corrected chi connectivity index (χ4v) is 3.15. The van der Waals surface area contributed by atoms with Crippen molar-refractivity contribution < 1.29 is 17.9 Å². The Morgan fingerprint density at radius 1 is 1.50 bits per heavy atom. The van der Waals surface area contributed by atoms with Crippen LogP contribution in [0.25, 0.3) is 0 Å². The topological polar surface area (TPSA) is 66.4 Å². The zero-order chi connectivity index (χ0) is 13.8. The molecule has 0 amide bonds. The first-order valence-electron chi connectivity index (χ1n) is 5.43. The molecule has 0 fully saturated rings. The molecule has 0 spiro atoms. The fourth-order valence-electron chi connectivity index (χ4n) is 1.39. The normalized spacial score (nSPS) is 13.6. The van der Waals surface area contributed by atoms with Crippen LogP contribution in [0.4, 0.5) is 4.39 Å². The van der Waals surface area contributed by atoms with Gasteiger partial charge in [-0.2, -0.15) is 0 Å². The van der Waals surface area contributed by atoms with Crippen LogP contribution in [0.15, 0.2) is 23.1 Å². The molecule has 0 aliphatic carbocycles. The number of benzene rings is 1. The maximum atomic E-state index is 13.5. The molecule has 1 rings (SSSR count). The van der Waals surface area contributed by atoms with Crippen LogP contribution in [0, 0.1) is 11.7 Å². The third kappa shape index (κ3) is 3.91. The molecule has 1 aromatic carbocycles. The predicted molar refractivity (Wildman–Crippen MR) is 67.5 cm³/mol. The molecule has 18 heavy (non-hydrogen) atoms. The Labute approximate surface area is 111 Å². The SMILES string of the molecule is CC(CCO)CNS(=O)(=O)c1c(F)cccc1Cl. The molecule has 0 bridgehead atoms. The van der Waals surface area contributed by atoms with Gasteiger partial charge in [-0.25, -0.2) is 17.5 Å². The summed E-state index contributed by atoms with van der Waals surface area (Å²) in [5.74, 6) is -0.930. The zero-order valence-electron chi connectivity index (χ0n) is 9.86. The molecule has 2 N–H and O–H groups in total. The largest absolute Gasteiger partial charge is 0.396 e. The maximum absolute atomic E-state index is 13.5. The van der Waals surface area contributed by atoms with Gasteiger partial charge in [0, 0.05) is 13.2 Å².